The Hall–Kier alpha value is -1.26. The molecule has 0 radical (unpaired) electrons. The number of nitrogens with two attached hydrogens (primary N) is 1. The molecule has 106 valence electrons. The van der Waals surface area contributed by atoms with Gasteiger partial charge in [0.05, 0.1) is 13.2 Å². The largest absolute Gasteiger partial charge is 0.497 e. The van der Waals surface area contributed by atoms with Gasteiger partial charge in [-0.2, -0.15) is 0 Å². The molecule has 0 spiro atoms. The van der Waals surface area contributed by atoms with E-state index in [-0.39, 0.29) is 0 Å². The highest BCUT2D eigenvalue weighted by atomic mass is 16.5. The zero-order valence-corrected chi connectivity index (χ0v) is 11.9. The maximum Gasteiger partial charge on any atom is 0.120 e. The van der Waals surface area contributed by atoms with Crippen molar-refractivity contribution in [2.24, 2.45) is 5.73 Å². The second-order valence-corrected chi connectivity index (χ2v) is 4.84. The first-order chi connectivity index (χ1) is 9.28. The summed E-state index contributed by atoms with van der Waals surface area (Å²) in [7, 11) is 1.70. The van der Waals surface area contributed by atoms with Gasteiger partial charge in [0, 0.05) is 38.0 Å². The maximum absolute atomic E-state index is 5.83. The van der Waals surface area contributed by atoms with Crippen molar-refractivity contribution in [3.63, 3.8) is 0 Å². The lowest BCUT2D eigenvalue weighted by atomic mass is 10.0. The summed E-state index contributed by atoms with van der Waals surface area (Å²) in [5, 5.41) is 0. The summed E-state index contributed by atoms with van der Waals surface area (Å²) in [6.07, 6.45) is 2.57. The Morgan fingerprint density at radius 1 is 1.32 bits per heavy atom. The van der Waals surface area contributed by atoms with E-state index in [9.17, 15) is 0 Å². The van der Waals surface area contributed by atoms with Crippen molar-refractivity contribution < 1.29 is 9.47 Å². The molecule has 2 N–H and O–H groups in total. The highest BCUT2D eigenvalue weighted by Gasteiger charge is 2.21. The van der Waals surface area contributed by atoms with Gasteiger partial charge in [-0.25, -0.2) is 0 Å². The highest BCUT2D eigenvalue weighted by molar-refractivity contribution is 5.57. The molecule has 19 heavy (non-hydrogen) atoms. The van der Waals surface area contributed by atoms with E-state index >= 15 is 0 Å². The molecule has 0 atom stereocenters. The van der Waals surface area contributed by atoms with Gasteiger partial charge in [0.25, 0.3) is 0 Å². The number of methoxy groups -OCH3 is 1. The second-order valence-electron chi connectivity index (χ2n) is 4.84. The van der Waals surface area contributed by atoms with Gasteiger partial charge in [0.15, 0.2) is 0 Å². The standard InChI is InChI=1S/C15H24N2O2/c1-3-19-13-6-8-17(9-7-13)15-10-14(18-2)5-4-12(15)11-16/h4-5,10,13H,3,6-9,11,16H2,1-2H3. The van der Waals surface area contributed by atoms with E-state index in [0.29, 0.717) is 12.6 Å². The van der Waals surface area contributed by atoms with Gasteiger partial charge in [-0.1, -0.05) is 6.07 Å². The van der Waals surface area contributed by atoms with Crippen LogP contribution in [0.4, 0.5) is 5.69 Å². The summed E-state index contributed by atoms with van der Waals surface area (Å²) in [4.78, 5) is 2.39. The van der Waals surface area contributed by atoms with Gasteiger partial charge < -0.3 is 20.1 Å². The zero-order chi connectivity index (χ0) is 13.7. The lowest BCUT2D eigenvalue weighted by molar-refractivity contribution is 0.0459. The van der Waals surface area contributed by atoms with Crippen molar-refractivity contribution >= 4 is 5.69 Å². The third-order valence-corrected chi connectivity index (χ3v) is 3.70. The highest BCUT2D eigenvalue weighted by Crippen LogP contribution is 2.28. The average Bonchev–Trinajstić information content (AvgIpc) is 2.47. The summed E-state index contributed by atoms with van der Waals surface area (Å²) in [6, 6.07) is 6.12. The number of ether oxygens (including phenoxy) is 2. The van der Waals surface area contributed by atoms with Crippen LogP contribution >= 0.6 is 0 Å². The minimum absolute atomic E-state index is 0.410. The SMILES string of the molecule is CCOC1CCN(c2cc(OC)ccc2CN)CC1. The van der Waals surface area contributed by atoms with Crippen molar-refractivity contribution in [3.8, 4) is 5.75 Å². The minimum Gasteiger partial charge on any atom is -0.497 e. The monoisotopic (exact) mass is 264 g/mol. The number of nitrogens with zero attached hydrogens (tertiary/aromatic N) is 1. The van der Waals surface area contributed by atoms with E-state index < -0.39 is 0 Å². The number of hydrogen-bond acceptors (Lipinski definition) is 4. The van der Waals surface area contributed by atoms with Crippen molar-refractivity contribution in [2.75, 3.05) is 31.7 Å². The van der Waals surface area contributed by atoms with Crippen LogP contribution in [-0.2, 0) is 11.3 Å². The minimum atomic E-state index is 0.410. The van der Waals surface area contributed by atoms with E-state index in [0.717, 1.165) is 38.3 Å². The van der Waals surface area contributed by atoms with Gasteiger partial charge in [0.1, 0.15) is 5.75 Å². The Balaban J connectivity index is 2.09. The van der Waals surface area contributed by atoms with Crippen LogP contribution in [0.3, 0.4) is 0 Å². The molecule has 4 heteroatoms. The number of anilines is 1. The molecule has 1 fully saturated rings. The van der Waals surface area contributed by atoms with Gasteiger partial charge in [-0.15, -0.1) is 0 Å². The fourth-order valence-corrected chi connectivity index (χ4v) is 2.64. The molecule has 2 rings (SSSR count). The van der Waals surface area contributed by atoms with Crippen molar-refractivity contribution in [2.45, 2.75) is 32.4 Å². The molecule has 0 aromatic heterocycles. The molecule has 0 bridgehead atoms. The molecule has 0 amide bonds. The lowest BCUT2D eigenvalue weighted by Gasteiger charge is -2.34. The predicted molar refractivity (Wildman–Crippen MR) is 77.7 cm³/mol. The van der Waals surface area contributed by atoms with E-state index in [1.807, 2.05) is 6.07 Å². The van der Waals surface area contributed by atoms with Crippen LogP contribution in [0.15, 0.2) is 18.2 Å². The Morgan fingerprint density at radius 3 is 2.63 bits per heavy atom. The molecule has 0 aliphatic carbocycles. The van der Waals surface area contributed by atoms with Gasteiger partial charge >= 0.3 is 0 Å². The van der Waals surface area contributed by atoms with Crippen LogP contribution in [0, 0.1) is 0 Å². The topological polar surface area (TPSA) is 47.7 Å². The second kappa shape index (κ2) is 6.78. The Kier molecular flexibility index (Phi) is 5.05. The number of benzene rings is 1. The summed E-state index contributed by atoms with van der Waals surface area (Å²) in [6.45, 7) is 5.46. The lowest BCUT2D eigenvalue weighted by Crippen LogP contribution is -2.37. The molecule has 4 nitrogen and oxygen atoms in total. The van der Waals surface area contributed by atoms with Gasteiger partial charge in [-0.3, -0.25) is 0 Å². The summed E-state index contributed by atoms with van der Waals surface area (Å²) < 4.78 is 11.0. The fraction of sp³-hybridized carbons (Fsp3) is 0.600. The fourth-order valence-electron chi connectivity index (χ4n) is 2.64. The third kappa shape index (κ3) is 3.39. The normalized spacial score (nSPS) is 16.7. The molecule has 0 saturated carbocycles. The van der Waals surface area contributed by atoms with Crippen molar-refractivity contribution in [1.29, 1.82) is 0 Å². The first-order valence-corrected chi connectivity index (χ1v) is 7.02. The summed E-state index contributed by atoms with van der Waals surface area (Å²) in [5.74, 6) is 0.888. The molecule has 0 unspecified atom stereocenters. The number of piperidine rings is 1. The van der Waals surface area contributed by atoms with E-state index in [1.165, 1.54) is 11.3 Å². The van der Waals surface area contributed by atoms with Gasteiger partial charge in [0.2, 0.25) is 0 Å². The van der Waals surface area contributed by atoms with Crippen LogP contribution in [-0.4, -0.2) is 32.9 Å². The molecule has 1 aliphatic rings. The van der Waals surface area contributed by atoms with E-state index in [1.54, 1.807) is 7.11 Å². The number of hydrogen-bond donors (Lipinski definition) is 1. The zero-order valence-electron chi connectivity index (χ0n) is 11.9. The first-order valence-electron chi connectivity index (χ1n) is 7.02. The predicted octanol–water partition coefficient (Wildman–Crippen LogP) is 2.16. The summed E-state index contributed by atoms with van der Waals surface area (Å²) >= 11 is 0. The number of rotatable bonds is 5. The van der Waals surface area contributed by atoms with Gasteiger partial charge in [-0.05, 0) is 31.4 Å². The van der Waals surface area contributed by atoms with Crippen LogP contribution in [0.1, 0.15) is 25.3 Å². The third-order valence-electron chi connectivity index (χ3n) is 3.70. The average molecular weight is 264 g/mol. The van der Waals surface area contributed by atoms with E-state index in [4.69, 9.17) is 15.2 Å². The van der Waals surface area contributed by atoms with Crippen LogP contribution in [0.5, 0.6) is 5.75 Å². The molecule has 1 aliphatic heterocycles. The Morgan fingerprint density at radius 2 is 2.05 bits per heavy atom. The molecule has 1 heterocycles. The molecule has 1 aromatic carbocycles. The van der Waals surface area contributed by atoms with E-state index in [2.05, 4.69) is 24.0 Å². The smallest absolute Gasteiger partial charge is 0.120 e. The van der Waals surface area contributed by atoms with Crippen LogP contribution in [0.2, 0.25) is 0 Å². The van der Waals surface area contributed by atoms with Crippen LogP contribution in [0.25, 0.3) is 0 Å². The molecular weight excluding hydrogens is 240 g/mol. The Bertz CT molecular complexity index is 401. The molecule has 1 aromatic rings. The first kappa shape index (κ1) is 14.2. The van der Waals surface area contributed by atoms with Crippen molar-refractivity contribution in [3.05, 3.63) is 23.8 Å². The van der Waals surface area contributed by atoms with Crippen molar-refractivity contribution in [1.82, 2.24) is 0 Å². The summed E-state index contributed by atoms with van der Waals surface area (Å²) in [5.41, 5.74) is 8.21. The Labute approximate surface area is 115 Å². The quantitative estimate of drug-likeness (QED) is 0.885. The van der Waals surface area contributed by atoms with Crippen LogP contribution < -0.4 is 15.4 Å². The maximum atomic E-state index is 5.83. The molecule has 1 saturated heterocycles. The molecular formula is C15H24N2O2.